The van der Waals surface area contributed by atoms with E-state index in [1.807, 2.05) is 38.1 Å². The van der Waals surface area contributed by atoms with Gasteiger partial charge < -0.3 is 10.1 Å². The SMILES string of the molecule is Cc1c([C@@H](C)NCc2ccc(Oc3ncccn3)cc2)cnn1-c1ccc(F)cc1F. The quantitative estimate of drug-likeness (QED) is 0.460. The first-order valence-electron chi connectivity index (χ1n) is 9.78. The highest BCUT2D eigenvalue weighted by Gasteiger charge is 2.16. The molecule has 1 atom stereocenters. The monoisotopic (exact) mass is 421 g/mol. The fourth-order valence-electron chi connectivity index (χ4n) is 3.24. The summed E-state index contributed by atoms with van der Waals surface area (Å²) in [6.07, 6.45) is 4.94. The highest BCUT2D eigenvalue weighted by Crippen LogP contribution is 2.23. The van der Waals surface area contributed by atoms with Crippen LogP contribution in [0, 0.1) is 18.6 Å². The van der Waals surface area contributed by atoms with Crippen LogP contribution in [-0.4, -0.2) is 19.7 Å². The second-order valence-electron chi connectivity index (χ2n) is 7.07. The lowest BCUT2D eigenvalue weighted by atomic mass is 10.1. The van der Waals surface area contributed by atoms with Crippen molar-refractivity contribution in [1.29, 1.82) is 0 Å². The maximum atomic E-state index is 14.1. The number of nitrogens with one attached hydrogen (secondary N) is 1. The maximum Gasteiger partial charge on any atom is 0.321 e. The Kier molecular flexibility index (Phi) is 5.99. The van der Waals surface area contributed by atoms with Crippen LogP contribution >= 0.6 is 0 Å². The summed E-state index contributed by atoms with van der Waals surface area (Å²) in [6, 6.07) is 13.1. The van der Waals surface area contributed by atoms with E-state index in [0.29, 0.717) is 18.3 Å². The van der Waals surface area contributed by atoms with E-state index in [9.17, 15) is 8.78 Å². The van der Waals surface area contributed by atoms with E-state index in [2.05, 4.69) is 20.4 Å². The summed E-state index contributed by atoms with van der Waals surface area (Å²) in [5.41, 5.74) is 3.01. The smallest absolute Gasteiger partial charge is 0.321 e. The van der Waals surface area contributed by atoms with Crippen molar-refractivity contribution in [3.05, 3.63) is 95.6 Å². The molecule has 4 rings (SSSR count). The van der Waals surface area contributed by atoms with Gasteiger partial charge in [-0.1, -0.05) is 12.1 Å². The van der Waals surface area contributed by atoms with Crippen LogP contribution in [0.15, 0.2) is 67.1 Å². The Hall–Kier alpha value is -3.65. The van der Waals surface area contributed by atoms with Crippen LogP contribution in [0.25, 0.3) is 5.69 Å². The number of ether oxygens (including phenoxy) is 1. The second kappa shape index (κ2) is 9.01. The average Bonchev–Trinajstić information content (AvgIpc) is 3.15. The third kappa shape index (κ3) is 4.75. The number of hydrogen-bond acceptors (Lipinski definition) is 5. The molecular weight excluding hydrogens is 400 g/mol. The maximum absolute atomic E-state index is 14.1. The van der Waals surface area contributed by atoms with Crippen LogP contribution in [-0.2, 0) is 6.54 Å². The summed E-state index contributed by atoms with van der Waals surface area (Å²) >= 11 is 0. The van der Waals surface area contributed by atoms with Crippen molar-refractivity contribution >= 4 is 0 Å². The van der Waals surface area contributed by atoms with E-state index in [1.54, 1.807) is 24.7 Å². The van der Waals surface area contributed by atoms with Gasteiger partial charge in [0.15, 0.2) is 5.82 Å². The Morgan fingerprint density at radius 2 is 1.81 bits per heavy atom. The van der Waals surface area contributed by atoms with E-state index < -0.39 is 11.6 Å². The van der Waals surface area contributed by atoms with E-state index in [0.717, 1.165) is 22.9 Å². The van der Waals surface area contributed by atoms with Crippen LogP contribution in [0.4, 0.5) is 8.78 Å². The van der Waals surface area contributed by atoms with Crippen LogP contribution in [0.2, 0.25) is 0 Å². The first-order chi connectivity index (χ1) is 15.0. The molecule has 0 spiro atoms. The number of hydrogen-bond donors (Lipinski definition) is 1. The van der Waals surface area contributed by atoms with Gasteiger partial charge in [0.2, 0.25) is 0 Å². The zero-order chi connectivity index (χ0) is 21.8. The Balaban J connectivity index is 1.40. The Morgan fingerprint density at radius 1 is 1.06 bits per heavy atom. The van der Waals surface area contributed by atoms with Gasteiger partial charge in [0.05, 0.1) is 6.20 Å². The highest BCUT2D eigenvalue weighted by molar-refractivity contribution is 5.37. The third-order valence-electron chi connectivity index (χ3n) is 4.94. The average molecular weight is 421 g/mol. The molecule has 0 radical (unpaired) electrons. The molecule has 8 heteroatoms. The molecule has 6 nitrogen and oxygen atoms in total. The van der Waals surface area contributed by atoms with Gasteiger partial charge in [-0.25, -0.2) is 23.4 Å². The predicted molar refractivity (Wildman–Crippen MR) is 112 cm³/mol. The summed E-state index contributed by atoms with van der Waals surface area (Å²) in [4.78, 5) is 8.07. The second-order valence-corrected chi connectivity index (χ2v) is 7.07. The van der Waals surface area contributed by atoms with Crippen molar-refractivity contribution < 1.29 is 13.5 Å². The van der Waals surface area contributed by atoms with Crippen molar-refractivity contribution in [3.63, 3.8) is 0 Å². The third-order valence-corrected chi connectivity index (χ3v) is 4.94. The van der Waals surface area contributed by atoms with Gasteiger partial charge in [0, 0.05) is 42.3 Å². The molecule has 0 aliphatic heterocycles. The summed E-state index contributed by atoms with van der Waals surface area (Å²) in [6.45, 7) is 4.50. The van der Waals surface area contributed by atoms with Gasteiger partial charge >= 0.3 is 6.01 Å². The molecule has 31 heavy (non-hydrogen) atoms. The topological polar surface area (TPSA) is 64.9 Å². The summed E-state index contributed by atoms with van der Waals surface area (Å²) in [7, 11) is 0. The molecule has 0 aliphatic carbocycles. The fourth-order valence-corrected chi connectivity index (χ4v) is 3.24. The minimum absolute atomic E-state index is 0.0223. The molecule has 2 aromatic carbocycles. The molecule has 158 valence electrons. The molecule has 1 N–H and O–H groups in total. The van der Waals surface area contributed by atoms with Crippen LogP contribution in [0.5, 0.6) is 11.8 Å². The molecule has 0 aliphatic rings. The molecule has 0 fully saturated rings. The zero-order valence-electron chi connectivity index (χ0n) is 17.1. The van der Waals surface area contributed by atoms with Gasteiger partial charge in [-0.05, 0) is 49.7 Å². The summed E-state index contributed by atoms with van der Waals surface area (Å²) < 4.78 is 34.4. The van der Waals surface area contributed by atoms with Gasteiger partial charge in [-0.3, -0.25) is 0 Å². The van der Waals surface area contributed by atoms with E-state index in [-0.39, 0.29) is 11.7 Å². The summed E-state index contributed by atoms with van der Waals surface area (Å²) in [5, 5.41) is 7.73. The van der Waals surface area contributed by atoms with Crippen LogP contribution < -0.4 is 10.1 Å². The number of benzene rings is 2. The minimum Gasteiger partial charge on any atom is -0.424 e. The standard InChI is InChI=1S/C23H21F2N5O/c1-15(20-14-29-30(16(20)2)22-9-6-18(24)12-21(22)25)28-13-17-4-7-19(8-5-17)31-23-26-10-3-11-27-23/h3-12,14-15,28H,13H2,1-2H3/t15-/m1/s1. The summed E-state index contributed by atoms with van der Waals surface area (Å²) in [5.74, 6) is -0.614. The van der Waals surface area contributed by atoms with Gasteiger partial charge in [0.25, 0.3) is 0 Å². The lowest BCUT2D eigenvalue weighted by molar-refractivity contribution is 0.441. The fraction of sp³-hybridized carbons (Fsp3) is 0.174. The number of nitrogens with zero attached hydrogens (tertiary/aromatic N) is 4. The lowest BCUT2D eigenvalue weighted by Gasteiger charge is -2.14. The van der Waals surface area contributed by atoms with Crippen molar-refractivity contribution in [2.24, 2.45) is 0 Å². The first-order valence-corrected chi connectivity index (χ1v) is 9.78. The minimum atomic E-state index is -0.651. The largest absolute Gasteiger partial charge is 0.424 e. The Labute approximate surface area is 178 Å². The van der Waals surface area contributed by atoms with Crippen molar-refractivity contribution in [1.82, 2.24) is 25.1 Å². The lowest BCUT2D eigenvalue weighted by Crippen LogP contribution is -2.18. The zero-order valence-corrected chi connectivity index (χ0v) is 17.1. The van der Waals surface area contributed by atoms with E-state index in [1.165, 1.54) is 16.8 Å². The number of aromatic nitrogens is 4. The van der Waals surface area contributed by atoms with Gasteiger partial charge in [-0.2, -0.15) is 5.10 Å². The van der Waals surface area contributed by atoms with Crippen molar-refractivity contribution in [2.45, 2.75) is 26.4 Å². The predicted octanol–water partition coefficient (Wildman–Crippen LogP) is 4.89. The van der Waals surface area contributed by atoms with Gasteiger partial charge in [-0.15, -0.1) is 0 Å². The molecular formula is C23H21F2N5O. The first kappa shape index (κ1) is 20.6. The molecule has 0 bridgehead atoms. The van der Waals surface area contributed by atoms with Crippen molar-refractivity contribution in [3.8, 4) is 17.4 Å². The van der Waals surface area contributed by atoms with Crippen LogP contribution in [0.1, 0.15) is 29.8 Å². The molecule has 2 heterocycles. The van der Waals surface area contributed by atoms with Crippen LogP contribution in [0.3, 0.4) is 0 Å². The molecule has 4 aromatic rings. The number of halogens is 2. The molecule has 0 saturated carbocycles. The highest BCUT2D eigenvalue weighted by atomic mass is 19.1. The molecule has 2 aromatic heterocycles. The molecule has 0 unspecified atom stereocenters. The number of rotatable bonds is 7. The molecule has 0 amide bonds. The van der Waals surface area contributed by atoms with E-state index >= 15 is 0 Å². The normalized spacial score (nSPS) is 12.0. The van der Waals surface area contributed by atoms with Crippen molar-refractivity contribution in [2.75, 3.05) is 0 Å². The molecule has 0 saturated heterocycles. The van der Waals surface area contributed by atoms with E-state index in [4.69, 9.17) is 4.74 Å². The van der Waals surface area contributed by atoms with Gasteiger partial charge in [0.1, 0.15) is 17.3 Å². The Morgan fingerprint density at radius 3 is 2.52 bits per heavy atom. The Bertz CT molecular complexity index is 1160.